The lowest BCUT2D eigenvalue weighted by Crippen LogP contribution is -2.38. The first-order chi connectivity index (χ1) is 15.8. The molecule has 180 valence electrons. The van der Waals surface area contributed by atoms with E-state index < -0.39 is 18.3 Å². The van der Waals surface area contributed by atoms with Gasteiger partial charge in [0, 0.05) is 19.5 Å². The number of hydrogen-bond acceptors (Lipinski definition) is 6. The van der Waals surface area contributed by atoms with Gasteiger partial charge in [0.2, 0.25) is 5.75 Å². The van der Waals surface area contributed by atoms with E-state index in [1.54, 1.807) is 17.0 Å². The molecule has 1 saturated heterocycles. The number of likely N-dealkylation sites (tertiary alicyclic amines) is 1. The molecule has 11 heteroatoms. The number of halogens is 3. The van der Waals surface area contributed by atoms with Crippen LogP contribution < -0.4 is 19.5 Å². The van der Waals surface area contributed by atoms with Crippen molar-refractivity contribution in [1.82, 2.24) is 14.7 Å². The summed E-state index contributed by atoms with van der Waals surface area (Å²) in [6.45, 7) is 1.17. The summed E-state index contributed by atoms with van der Waals surface area (Å²) in [5.74, 6) is 0.771. The first-order valence-electron chi connectivity index (χ1n) is 10.8. The number of benzene rings is 1. The molecule has 3 heterocycles. The maximum atomic E-state index is 14.0. The SMILES string of the molecule is COc1cc(C2CC(C(F)(F)F)n3ncc(C(=O)N4CCCCC4)c3N2)cc(OC)c1OC. The van der Waals surface area contributed by atoms with Crippen LogP contribution in [0.5, 0.6) is 17.2 Å². The molecule has 1 aromatic carbocycles. The second-order valence-electron chi connectivity index (χ2n) is 8.15. The third kappa shape index (κ3) is 4.28. The predicted octanol–water partition coefficient (Wildman–Crippen LogP) is 4.20. The average Bonchev–Trinajstić information content (AvgIpc) is 3.25. The van der Waals surface area contributed by atoms with E-state index in [2.05, 4.69) is 10.4 Å². The van der Waals surface area contributed by atoms with Gasteiger partial charge in [-0.1, -0.05) is 0 Å². The highest BCUT2D eigenvalue weighted by Gasteiger charge is 2.47. The number of alkyl halides is 3. The quantitative estimate of drug-likeness (QED) is 0.709. The van der Waals surface area contributed by atoms with Gasteiger partial charge in [0.15, 0.2) is 17.5 Å². The molecular weight excluding hydrogens is 441 g/mol. The number of piperidine rings is 1. The molecule has 8 nitrogen and oxygen atoms in total. The zero-order valence-electron chi connectivity index (χ0n) is 18.7. The largest absolute Gasteiger partial charge is 0.493 e. The second-order valence-corrected chi connectivity index (χ2v) is 8.15. The van der Waals surface area contributed by atoms with Crippen molar-refractivity contribution in [3.63, 3.8) is 0 Å². The van der Waals surface area contributed by atoms with Crippen LogP contribution in [0.1, 0.15) is 53.7 Å². The maximum absolute atomic E-state index is 14.0. The standard InChI is InChI=1S/C22H27F3N4O4/c1-31-16-9-13(10-17(32-2)19(16)33-3)15-11-18(22(23,24)25)29-20(27-15)14(12-26-29)21(30)28-7-5-4-6-8-28/h9-10,12,15,18,27H,4-8,11H2,1-3H3. The minimum Gasteiger partial charge on any atom is -0.493 e. The van der Waals surface area contributed by atoms with Gasteiger partial charge >= 0.3 is 6.18 Å². The average molecular weight is 468 g/mol. The number of nitrogens with zero attached hydrogens (tertiary/aromatic N) is 3. The van der Waals surface area contributed by atoms with Gasteiger partial charge in [-0.05, 0) is 37.0 Å². The molecule has 0 aliphatic carbocycles. The van der Waals surface area contributed by atoms with E-state index in [9.17, 15) is 18.0 Å². The number of hydrogen-bond donors (Lipinski definition) is 1. The highest BCUT2D eigenvalue weighted by atomic mass is 19.4. The topological polar surface area (TPSA) is 77.9 Å². The van der Waals surface area contributed by atoms with Crippen molar-refractivity contribution in [1.29, 1.82) is 0 Å². The Morgan fingerprint density at radius 2 is 1.70 bits per heavy atom. The molecule has 2 aromatic rings. The third-order valence-corrected chi connectivity index (χ3v) is 6.20. The highest BCUT2D eigenvalue weighted by Crippen LogP contribution is 2.47. The predicted molar refractivity (Wildman–Crippen MR) is 114 cm³/mol. The van der Waals surface area contributed by atoms with Gasteiger partial charge in [0.05, 0.1) is 33.6 Å². The van der Waals surface area contributed by atoms with Gasteiger partial charge in [-0.15, -0.1) is 0 Å². The molecule has 2 aliphatic rings. The summed E-state index contributed by atoms with van der Waals surface area (Å²) in [5.41, 5.74) is 0.658. The maximum Gasteiger partial charge on any atom is 0.410 e. The summed E-state index contributed by atoms with van der Waals surface area (Å²) in [4.78, 5) is 14.8. The number of carbonyl (C=O) groups excluding carboxylic acids is 1. The molecule has 0 radical (unpaired) electrons. The Bertz CT molecular complexity index is 993. The van der Waals surface area contributed by atoms with Crippen LogP contribution >= 0.6 is 0 Å². The van der Waals surface area contributed by atoms with Gasteiger partial charge in [0.25, 0.3) is 5.91 Å². The molecule has 2 unspecified atom stereocenters. The van der Waals surface area contributed by atoms with Crippen LogP contribution in [0.15, 0.2) is 18.3 Å². The van der Waals surface area contributed by atoms with Gasteiger partial charge in [-0.25, -0.2) is 4.68 Å². The van der Waals surface area contributed by atoms with Crippen LogP contribution in [0.25, 0.3) is 0 Å². The zero-order valence-corrected chi connectivity index (χ0v) is 18.7. The normalized spacial score (nSPS) is 20.6. The molecule has 2 atom stereocenters. The molecule has 1 fully saturated rings. The van der Waals surface area contributed by atoms with E-state index in [4.69, 9.17) is 14.2 Å². The van der Waals surface area contributed by atoms with Crippen LogP contribution in [-0.4, -0.2) is 61.2 Å². The van der Waals surface area contributed by atoms with Gasteiger partial charge in [-0.2, -0.15) is 18.3 Å². The number of amides is 1. The first-order valence-corrected chi connectivity index (χ1v) is 10.8. The Morgan fingerprint density at radius 1 is 1.06 bits per heavy atom. The molecule has 33 heavy (non-hydrogen) atoms. The fourth-order valence-corrected chi connectivity index (χ4v) is 4.51. The summed E-state index contributed by atoms with van der Waals surface area (Å²) < 4.78 is 59.0. The lowest BCUT2D eigenvalue weighted by atomic mass is 9.95. The van der Waals surface area contributed by atoms with Crippen LogP contribution in [0.3, 0.4) is 0 Å². The minimum atomic E-state index is -4.55. The van der Waals surface area contributed by atoms with E-state index in [0.29, 0.717) is 35.9 Å². The Hall–Kier alpha value is -3.11. The van der Waals surface area contributed by atoms with Crippen LogP contribution in [0.4, 0.5) is 19.0 Å². The molecular formula is C22H27F3N4O4. The molecule has 0 spiro atoms. The zero-order chi connectivity index (χ0) is 23.8. The summed E-state index contributed by atoms with van der Waals surface area (Å²) in [5, 5.41) is 7.09. The van der Waals surface area contributed by atoms with Crippen molar-refractivity contribution in [3.8, 4) is 17.2 Å². The number of methoxy groups -OCH3 is 3. The van der Waals surface area contributed by atoms with E-state index >= 15 is 0 Å². The Morgan fingerprint density at radius 3 is 2.24 bits per heavy atom. The van der Waals surface area contributed by atoms with Crippen LogP contribution in [-0.2, 0) is 0 Å². The molecule has 0 saturated carbocycles. The fraction of sp³-hybridized carbons (Fsp3) is 0.545. The second kappa shape index (κ2) is 9.03. The number of ether oxygens (including phenoxy) is 3. The molecule has 1 N–H and O–H groups in total. The van der Waals surface area contributed by atoms with Gasteiger partial charge < -0.3 is 24.4 Å². The summed E-state index contributed by atoms with van der Waals surface area (Å²) in [6.07, 6.45) is -0.839. The first kappa shape index (κ1) is 23.1. The van der Waals surface area contributed by atoms with E-state index in [1.807, 2.05) is 0 Å². The van der Waals surface area contributed by atoms with Crippen molar-refractivity contribution in [2.45, 2.75) is 43.9 Å². The monoisotopic (exact) mass is 468 g/mol. The van der Waals surface area contributed by atoms with Crippen LogP contribution in [0.2, 0.25) is 0 Å². The Labute approximate surface area is 189 Å². The number of rotatable bonds is 5. The third-order valence-electron chi connectivity index (χ3n) is 6.20. The summed E-state index contributed by atoms with van der Waals surface area (Å²) in [7, 11) is 4.34. The molecule has 2 aliphatic heterocycles. The molecule has 0 bridgehead atoms. The van der Waals surface area contributed by atoms with Crippen molar-refractivity contribution >= 4 is 11.7 Å². The lowest BCUT2D eigenvalue weighted by molar-refractivity contribution is -0.173. The van der Waals surface area contributed by atoms with E-state index in [0.717, 1.165) is 23.9 Å². The molecule has 1 aromatic heterocycles. The lowest BCUT2D eigenvalue weighted by Gasteiger charge is -2.35. The number of fused-ring (bicyclic) bond motifs is 1. The van der Waals surface area contributed by atoms with Crippen molar-refractivity contribution in [3.05, 3.63) is 29.5 Å². The van der Waals surface area contributed by atoms with Crippen molar-refractivity contribution < 1.29 is 32.2 Å². The van der Waals surface area contributed by atoms with Crippen molar-refractivity contribution in [2.24, 2.45) is 0 Å². The number of carbonyl (C=O) groups is 1. The summed E-state index contributed by atoms with van der Waals surface area (Å²) >= 11 is 0. The molecule has 4 rings (SSSR count). The van der Waals surface area contributed by atoms with Gasteiger partial charge in [0.1, 0.15) is 11.4 Å². The van der Waals surface area contributed by atoms with Crippen LogP contribution in [0, 0.1) is 0 Å². The van der Waals surface area contributed by atoms with Gasteiger partial charge in [-0.3, -0.25) is 4.79 Å². The number of aromatic nitrogens is 2. The van der Waals surface area contributed by atoms with E-state index in [-0.39, 0.29) is 23.7 Å². The number of nitrogens with one attached hydrogen (secondary N) is 1. The fourth-order valence-electron chi connectivity index (χ4n) is 4.51. The Kier molecular flexibility index (Phi) is 6.31. The smallest absolute Gasteiger partial charge is 0.410 e. The highest BCUT2D eigenvalue weighted by molar-refractivity contribution is 5.99. The number of anilines is 1. The summed E-state index contributed by atoms with van der Waals surface area (Å²) in [6, 6.07) is 0.582. The van der Waals surface area contributed by atoms with Crippen molar-refractivity contribution in [2.75, 3.05) is 39.7 Å². The minimum absolute atomic E-state index is 0.0675. The van der Waals surface area contributed by atoms with E-state index in [1.165, 1.54) is 27.5 Å². The molecule has 1 amide bonds. The Balaban J connectivity index is 1.75.